The normalized spacial score (nSPS) is 25.6. The van der Waals surface area contributed by atoms with Crippen molar-refractivity contribution >= 4 is 0 Å². The highest BCUT2D eigenvalue weighted by Crippen LogP contribution is 2.52. The van der Waals surface area contributed by atoms with Crippen LogP contribution in [0.1, 0.15) is 20.3 Å². The van der Waals surface area contributed by atoms with Gasteiger partial charge in [0.25, 0.3) is 5.95 Å². The van der Waals surface area contributed by atoms with Crippen LogP contribution < -0.4 is 0 Å². The molecule has 0 aromatic carbocycles. The van der Waals surface area contributed by atoms with Gasteiger partial charge >= 0.3 is 0 Å². The molecule has 11 heavy (non-hydrogen) atoms. The van der Waals surface area contributed by atoms with Gasteiger partial charge in [-0.1, -0.05) is 13.8 Å². The molecule has 0 radical (unpaired) electrons. The van der Waals surface area contributed by atoms with Crippen molar-refractivity contribution in [3.8, 4) is 0 Å². The Morgan fingerprint density at radius 3 is 2.09 bits per heavy atom. The lowest BCUT2D eigenvalue weighted by molar-refractivity contribution is 0.0930. The van der Waals surface area contributed by atoms with Crippen LogP contribution in [0.2, 0.25) is 0 Å². The van der Waals surface area contributed by atoms with Crippen molar-refractivity contribution in [2.75, 3.05) is 14.2 Å². The molecule has 1 unspecified atom stereocenters. The molecule has 1 rings (SSSR count). The standard InChI is InChI=1S/C9H16O2/c1-9(2)6-7(9)5-8(10-3)11-4/h5,7H,6H2,1-4H3. The Bertz CT molecular complexity index is 164. The molecule has 1 saturated carbocycles. The molecule has 0 spiro atoms. The number of hydrogen-bond donors (Lipinski definition) is 0. The summed E-state index contributed by atoms with van der Waals surface area (Å²) in [5.74, 6) is 1.28. The first-order chi connectivity index (χ1) is 5.10. The minimum Gasteiger partial charge on any atom is -0.469 e. The van der Waals surface area contributed by atoms with Gasteiger partial charge in [-0.05, 0) is 23.8 Å². The molecule has 1 aliphatic carbocycles. The van der Waals surface area contributed by atoms with E-state index >= 15 is 0 Å². The Kier molecular flexibility index (Phi) is 2.12. The molecule has 0 heterocycles. The van der Waals surface area contributed by atoms with E-state index in [1.807, 2.05) is 0 Å². The molecule has 1 atom stereocenters. The molecule has 1 aliphatic rings. The van der Waals surface area contributed by atoms with Crippen LogP contribution in [0, 0.1) is 11.3 Å². The smallest absolute Gasteiger partial charge is 0.274 e. The predicted octanol–water partition coefficient (Wildman–Crippen LogP) is 2.17. The summed E-state index contributed by atoms with van der Waals surface area (Å²) in [6.45, 7) is 4.49. The molecule has 0 N–H and O–H groups in total. The minimum absolute atomic E-state index is 0.461. The molecular formula is C9H16O2. The van der Waals surface area contributed by atoms with Gasteiger partial charge in [0.05, 0.1) is 14.2 Å². The lowest BCUT2D eigenvalue weighted by Crippen LogP contribution is -1.93. The zero-order valence-corrected chi connectivity index (χ0v) is 7.68. The van der Waals surface area contributed by atoms with E-state index in [9.17, 15) is 0 Å². The first kappa shape index (κ1) is 8.44. The summed E-state index contributed by atoms with van der Waals surface area (Å²) in [7, 11) is 3.26. The van der Waals surface area contributed by atoms with Crippen molar-refractivity contribution in [3.63, 3.8) is 0 Å². The van der Waals surface area contributed by atoms with Crippen LogP contribution >= 0.6 is 0 Å². The lowest BCUT2D eigenvalue weighted by Gasteiger charge is -2.03. The SMILES string of the molecule is COC(=CC1CC1(C)C)OC. The Morgan fingerprint density at radius 2 is 1.82 bits per heavy atom. The Balaban J connectivity index is 2.46. The Morgan fingerprint density at radius 1 is 1.36 bits per heavy atom. The number of hydrogen-bond acceptors (Lipinski definition) is 2. The van der Waals surface area contributed by atoms with Crippen molar-refractivity contribution in [2.24, 2.45) is 11.3 Å². The highest BCUT2D eigenvalue weighted by molar-refractivity contribution is 5.08. The Labute approximate surface area is 68.2 Å². The van der Waals surface area contributed by atoms with Gasteiger partial charge in [-0.2, -0.15) is 0 Å². The number of ether oxygens (including phenoxy) is 2. The molecule has 0 bridgehead atoms. The molecule has 0 aromatic heterocycles. The molecule has 2 nitrogen and oxygen atoms in total. The van der Waals surface area contributed by atoms with E-state index in [0.29, 0.717) is 17.3 Å². The van der Waals surface area contributed by atoms with Gasteiger partial charge in [-0.25, -0.2) is 0 Å². The fourth-order valence-corrected chi connectivity index (χ4v) is 1.18. The third-order valence-corrected chi connectivity index (χ3v) is 2.33. The summed E-state index contributed by atoms with van der Waals surface area (Å²) in [6.07, 6.45) is 3.29. The maximum atomic E-state index is 4.98. The van der Waals surface area contributed by atoms with Gasteiger partial charge < -0.3 is 9.47 Å². The van der Waals surface area contributed by atoms with Gasteiger partial charge in [0.15, 0.2) is 0 Å². The van der Waals surface area contributed by atoms with Gasteiger partial charge in [-0.15, -0.1) is 0 Å². The summed E-state index contributed by atoms with van der Waals surface area (Å²) >= 11 is 0. The predicted molar refractivity (Wildman–Crippen MR) is 44.0 cm³/mol. The quantitative estimate of drug-likeness (QED) is 0.583. The second kappa shape index (κ2) is 2.76. The largest absolute Gasteiger partial charge is 0.469 e. The molecular weight excluding hydrogens is 140 g/mol. The number of allylic oxidation sites excluding steroid dienone is 1. The van der Waals surface area contributed by atoms with Gasteiger partial charge in [0, 0.05) is 0 Å². The average molecular weight is 156 g/mol. The first-order valence-electron chi connectivity index (χ1n) is 3.90. The molecule has 64 valence electrons. The van der Waals surface area contributed by atoms with Crippen LogP contribution in [0.15, 0.2) is 12.0 Å². The van der Waals surface area contributed by atoms with E-state index in [1.165, 1.54) is 6.42 Å². The highest BCUT2D eigenvalue weighted by Gasteiger charge is 2.44. The van der Waals surface area contributed by atoms with E-state index in [1.54, 1.807) is 14.2 Å². The summed E-state index contributed by atoms with van der Waals surface area (Å²) in [5.41, 5.74) is 0.461. The highest BCUT2D eigenvalue weighted by atomic mass is 16.7. The van der Waals surface area contributed by atoms with Crippen LogP contribution in [0.25, 0.3) is 0 Å². The van der Waals surface area contributed by atoms with Gasteiger partial charge in [0.1, 0.15) is 0 Å². The number of rotatable bonds is 3. The maximum Gasteiger partial charge on any atom is 0.274 e. The van der Waals surface area contributed by atoms with Crippen LogP contribution in [-0.4, -0.2) is 14.2 Å². The van der Waals surface area contributed by atoms with Gasteiger partial charge in [-0.3, -0.25) is 0 Å². The maximum absolute atomic E-state index is 4.98. The molecule has 0 aromatic rings. The topological polar surface area (TPSA) is 18.5 Å². The van der Waals surface area contributed by atoms with Crippen molar-refractivity contribution in [3.05, 3.63) is 12.0 Å². The first-order valence-corrected chi connectivity index (χ1v) is 3.90. The van der Waals surface area contributed by atoms with Gasteiger partial charge in [0.2, 0.25) is 0 Å². The average Bonchev–Trinajstić information content (AvgIpc) is 2.54. The summed E-state index contributed by atoms with van der Waals surface area (Å²) in [4.78, 5) is 0. The molecule has 0 amide bonds. The second-order valence-corrected chi connectivity index (χ2v) is 3.69. The molecule has 0 aliphatic heterocycles. The minimum atomic E-state index is 0.461. The van der Waals surface area contributed by atoms with E-state index in [-0.39, 0.29) is 0 Å². The van der Waals surface area contributed by atoms with Crippen LogP contribution in [0.5, 0.6) is 0 Å². The zero-order valence-electron chi connectivity index (χ0n) is 7.68. The summed E-state index contributed by atoms with van der Waals surface area (Å²) < 4.78 is 9.96. The second-order valence-electron chi connectivity index (χ2n) is 3.69. The summed E-state index contributed by atoms with van der Waals surface area (Å²) in [6, 6.07) is 0. The molecule has 2 heteroatoms. The number of methoxy groups -OCH3 is 2. The van der Waals surface area contributed by atoms with Crippen LogP contribution in [0.3, 0.4) is 0 Å². The fraction of sp³-hybridized carbons (Fsp3) is 0.778. The van der Waals surface area contributed by atoms with E-state index in [4.69, 9.17) is 9.47 Å². The van der Waals surface area contributed by atoms with Crippen molar-refractivity contribution in [1.29, 1.82) is 0 Å². The summed E-state index contributed by atoms with van der Waals surface area (Å²) in [5, 5.41) is 0. The van der Waals surface area contributed by atoms with Crippen LogP contribution in [0.4, 0.5) is 0 Å². The zero-order chi connectivity index (χ0) is 8.48. The lowest BCUT2D eigenvalue weighted by atomic mass is 10.1. The Hall–Kier alpha value is -0.660. The van der Waals surface area contributed by atoms with E-state index in [2.05, 4.69) is 19.9 Å². The monoisotopic (exact) mass is 156 g/mol. The van der Waals surface area contributed by atoms with Crippen molar-refractivity contribution < 1.29 is 9.47 Å². The fourth-order valence-electron chi connectivity index (χ4n) is 1.18. The van der Waals surface area contributed by atoms with E-state index < -0.39 is 0 Å². The third kappa shape index (κ3) is 1.88. The van der Waals surface area contributed by atoms with E-state index in [0.717, 1.165) is 0 Å². The van der Waals surface area contributed by atoms with Crippen molar-refractivity contribution in [1.82, 2.24) is 0 Å². The van der Waals surface area contributed by atoms with Crippen molar-refractivity contribution in [2.45, 2.75) is 20.3 Å². The molecule has 1 fully saturated rings. The third-order valence-electron chi connectivity index (χ3n) is 2.33. The molecule has 0 saturated heterocycles. The van der Waals surface area contributed by atoms with Crippen LogP contribution in [-0.2, 0) is 9.47 Å².